The van der Waals surface area contributed by atoms with Crippen LogP contribution in [0.15, 0.2) is 0 Å². The van der Waals surface area contributed by atoms with Crippen molar-refractivity contribution in [3.8, 4) is 0 Å². The monoisotopic (exact) mass is 251 g/mol. The first kappa shape index (κ1) is 12.4. The highest BCUT2D eigenvalue weighted by Gasteiger charge is 2.42. The Bertz CT molecular complexity index is 320. The predicted molar refractivity (Wildman–Crippen MR) is 71.3 cm³/mol. The molecule has 18 heavy (non-hydrogen) atoms. The van der Waals surface area contributed by atoms with Gasteiger partial charge >= 0.3 is 0 Å². The van der Waals surface area contributed by atoms with E-state index in [-0.39, 0.29) is 5.92 Å². The molecule has 0 aliphatic carbocycles. The van der Waals surface area contributed by atoms with E-state index in [1.54, 1.807) is 0 Å². The van der Waals surface area contributed by atoms with Crippen LogP contribution in [-0.2, 0) is 4.79 Å². The highest BCUT2D eigenvalue weighted by molar-refractivity contribution is 5.80. The lowest BCUT2D eigenvalue weighted by Crippen LogP contribution is -2.43. The second-order valence-electron chi connectivity index (χ2n) is 6.41. The zero-order chi connectivity index (χ0) is 12.5. The molecule has 0 saturated carbocycles. The van der Waals surface area contributed by atoms with Gasteiger partial charge in [0, 0.05) is 25.2 Å². The molecule has 3 heterocycles. The van der Waals surface area contributed by atoms with Crippen molar-refractivity contribution >= 4 is 5.91 Å². The number of fused-ring (bicyclic) bond motifs is 2. The molecule has 2 N–H and O–H groups in total. The second kappa shape index (κ2) is 5.17. The molecule has 0 spiro atoms. The van der Waals surface area contributed by atoms with Crippen molar-refractivity contribution in [2.24, 2.45) is 11.8 Å². The molecule has 4 unspecified atom stereocenters. The maximum atomic E-state index is 12.2. The molecular formula is C14H25N3O. The van der Waals surface area contributed by atoms with Crippen LogP contribution >= 0.6 is 0 Å². The quantitative estimate of drug-likeness (QED) is 0.771. The summed E-state index contributed by atoms with van der Waals surface area (Å²) in [7, 11) is 2.17. The number of hydrogen-bond acceptors (Lipinski definition) is 3. The molecule has 3 aliphatic rings. The number of carbonyl (C=O) groups is 1. The molecule has 3 aliphatic heterocycles. The van der Waals surface area contributed by atoms with Gasteiger partial charge in [-0.15, -0.1) is 0 Å². The van der Waals surface area contributed by atoms with E-state index in [0.717, 1.165) is 19.5 Å². The van der Waals surface area contributed by atoms with Crippen molar-refractivity contribution in [1.29, 1.82) is 0 Å². The minimum Gasteiger partial charge on any atom is -0.355 e. The van der Waals surface area contributed by atoms with E-state index in [2.05, 4.69) is 22.6 Å². The first-order chi connectivity index (χ1) is 8.72. The average molecular weight is 251 g/mol. The fourth-order valence-corrected chi connectivity index (χ4v) is 3.93. The topological polar surface area (TPSA) is 44.4 Å². The summed E-state index contributed by atoms with van der Waals surface area (Å²) in [4.78, 5) is 14.6. The van der Waals surface area contributed by atoms with Crippen LogP contribution in [0.4, 0.5) is 0 Å². The first-order valence-electron chi connectivity index (χ1n) is 7.44. The van der Waals surface area contributed by atoms with E-state index in [1.807, 2.05) is 0 Å². The maximum Gasteiger partial charge on any atom is 0.224 e. The number of rotatable bonds is 3. The number of piperidine rings is 1. The molecule has 2 bridgehead atoms. The van der Waals surface area contributed by atoms with Gasteiger partial charge in [-0.3, -0.25) is 4.79 Å². The summed E-state index contributed by atoms with van der Waals surface area (Å²) >= 11 is 0. The van der Waals surface area contributed by atoms with Crippen LogP contribution in [0.5, 0.6) is 0 Å². The van der Waals surface area contributed by atoms with Crippen LogP contribution < -0.4 is 10.6 Å². The lowest BCUT2D eigenvalue weighted by Gasteiger charge is -2.30. The third-order valence-corrected chi connectivity index (χ3v) is 4.92. The van der Waals surface area contributed by atoms with Gasteiger partial charge in [0.05, 0.1) is 5.92 Å². The van der Waals surface area contributed by atoms with Crippen LogP contribution in [0, 0.1) is 11.8 Å². The summed E-state index contributed by atoms with van der Waals surface area (Å²) in [6.45, 7) is 3.22. The summed E-state index contributed by atoms with van der Waals surface area (Å²) in [5, 5.41) is 6.73. The van der Waals surface area contributed by atoms with Crippen molar-refractivity contribution in [2.45, 2.75) is 44.2 Å². The Hall–Kier alpha value is -0.610. The van der Waals surface area contributed by atoms with Gasteiger partial charge in [0.25, 0.3) is 0 Å². The van der Waals surface area contributed by atoms with Crippen molar-refractivity contribution in [2.75, 3.05) is 26.7 Å². The smallest absolute Gasteiger partial charge is 0.224 e. The molecule has 0 aromatic heterocycles. The van der Waals surface area contributed by atoms with Gasteiger partial charge in [-0.1, -0.05) is 0 Å². The van der Waals surface area contributed by atoms with E-state index in [9.17, 15) is 4.79 Å². The molecule has 0 aromatic rings. The second-order valence-corrected chi connectivity index (χ2v) is 6.41. The average Bonchev–Trinajstić information content (AvgIpc) is 2.98. The highest BCUT2D eigenvalue weighted by Crippen LogP contribution is 2.33. The SMILES string of the molecule is CN1CCCC(CNC(=O)C2CC3CCC2N3)C1. The van der Waals surface area contributed by atoms with Crippen LogP contribution in [0.3, 0.4) is 0 Å². The number of carbonyl (C=O) groups excluding carboxylic acids is 1. The molecule has 3 rings (SSSR count). The zero-order valence-corrected chi connectivity index (χ0v) is 11.3. The molecular weight excluding hydrogens is 226 g/mol. The number of hydrogen-bond donors (Lipinski definition) is 2. The Morgan fingerprint density at radius 1 is 1.39 bits per heavy atom. The Morgan fingerprint density at radius 3 is 2.94 bits per heavy atom. The molecule has 3 saturated heterocycles. The number of nitrogens with one attached hydrogen (secondary N) is 2. The van der Waals surface area contributed by atoms with E-state index >= 15 is 0 Å². The molecule has 102 valence electrons. The van der Waals surface area contributed by atoms with Gasteiger partial charge in [0.2, 0.25) is 5.91 Å². The summed E-state index contributed by atoms with van der Waals surface area (Å²) in [6.07, 6.45) is 6.05. The van der Waals surface area contributed by atoms with Gasteiger partial charge < -0.3 is 15.5 Å². The fraction of sp³-hybridized carbons (Fsp3) is 0.929. The lowest BCUT2D eigenvalue weighted by molar-refractivity contribution is -0.125. The molecule has 0 aromatic carbocycles. The Labute approximate surface area is 109 Å². The Kier molecular flexibility index (Phi) is 3.57. The summed E-state index contributed by atoms with van der Waals surface area (Å²) < 4.78 is 0. The standard InChI is InChI=1S/C14H25N3O/c1-17-6-2-3-10(9-17)8-15-14(18)12-7-11-4-5-13(12)16-11/h10-13,16H,2-9H2,1H3,(H,15,18). The predicted octanol–water partition coefficient (Wildman–Crippen LogP) is 0.585. The van der Waals surface area contributed by atoms with Crippen molar-refractivity contribution in [3.63, 3.8) is 0 Å². The van der Waals surface area contributed by atoms with Gasteiger partial charge in [-0.25, -0.2) is 0 Å². The van der Waals surface area contributed by atoms with Crippen LogP contribution in [0.2, 0.25) is 0 Å². The molecule has 1 amide bonds. The first-order valence-corrected chi connectivity index (χ1v) is 7.44. The van der Waals surface area contributed by atoms with Crippen molar-refractivity contribution < 1.29 is 4.79 Å². The maximum absolute atomic E-state index is 12.2. The fourth-order valence-electron chi connectivity index (χ4n) is 3.93. The third kappa shape index (κ3) is 2.54. The number of amides is 1. The molecule has 4 nitrogen and oxygen atoms in total. The lowest BCUT2D eigenvalue weighted by atomic mass is 9.88. The van der Waals surface area contributed by atoms with Gasteiger partial charge in [0.1, 0.15) is 0 Å². The van der Waals surface area contributed by atoms with Gasteiger partial charge in [-0.05, 0) is 51.6 Å². The Balaban J connectivity index is 1.44. The summed E-state index contributed by atoms with van der Waals surface area (Å²) in [6, 6.07) is 1.08. The van der Waals surface area contributed by atoms with Crippen molar-refractivity contribution in [1.82, 2.24) is 15.5 Å². The minimum absolute atomic E-state index is 0.241. The summed E-state index contributed by atoms with van der Waals surface area (Å²) in [5.74, 6) is 1.19. The minimum atomic E-state index is 0.241. The number of likely N-dealkylation sites (tertiary alicyclic amines) is 1. The zero-order valence-electron chi connectivity index (χ0n) is 11.3. The van der Waals surface area contributed by atoms with Crippen LogP contribution in [0.1, 0.15) is 32.1 Å². The van der Waals surface area contributed by atoms with E-state index in [0.29, 0.717) is 23.9 Å². The van der Waals surface area contributed by atoms with E-state index in [1.165, 1.54) is 32.2 Å². The Morgan fingerprint density at radius 2 is 2.28 bits per heavy atom. The van der Waals surface area contributed by atoms with E-state index in [4.69, 9.17) is 0 Å². The third-order valence-electron chi connectivity index (χ3n) is 4.92. The molecule has 4 heteroatoms. The molecule has 3 fully saturated rings. The van der Waals surface area contributed by atoms with Crippen LogP contribution in [-0.4, -0.2) is 49.6 Å². The molecule has 0 radical (unpaired) electrons. The molecule has 4 atom stereocenters. The van der Waals surface area contributed by atoms with Gasteiger partial charge in [0.15, 0.2) is 0 Å². The van der Waals surface area contributed by atoms with E-state index < -0.39 is 0 Å². The van der Waals surface area contributed by atoms with Crippen LogP contribution in [0.25, 0.3) is 0 Å². The highest BCUT2D eigenvalue weighted by atomic mass is 16.1. The summed E-state index contributed by atoms with van der Waals surface area (Å²) in [5.41, 5.74) is 0. The van der Waals surface area contributed by atoms with Gasteiger partial charge in [-0.2, -0.15) is 0 Å². The largest absolute Gasteiger partial charge is 0.355 e. The normalized spacial score (nSPS) is 40.1. The number of nitrogens with zero attached hydrogens (tertiary/aromatic N) is 1. The van der Waals surface area contributed by atoms with Crippen molar-refractivity contribution in [3.05, 3.63) is 0 Å².